The van der Waals surface area contributed by atoms with Crippen LogP contribution in [0.1, 0.15) is 21.7 Å². The van der Waals surface area contributed by atoms with Crippen LogP contribution in [0.25, 0.3) is 11.4 Å². The van der Waals surface area contributed by atoms with Gasteiger partial charge >= 0.3 is 5.97 Å². The van der Waals surface area contributed by atoms with Crippen molar-refractivity contribution in [1.82, 2.24) is 9.97 Å². The predicted molar refractivity (Wildman–Crippen MR) is 84.1 cm³/mol. The van der Waals surface area contributed by atoms with Gasteiger partial charge in [-0.15, -0.1) is 0 Å². The molecule has 2 aromatic heterocycles. The van der Waals surface area contributed by atoms with E-state index in [1.807, 2.05) is 18.2 Å². The molecule has 0 aliphatic rings. The Morgan fingerprint density at radius 2 is 1.80 bits per heavy atom. The number of hydrogen-bond acceptors (Lipinski definition) is 4. The molecule has 104 valence electrons. The Morgan fingerprint density at radius 1 is 1.10 bits per heavy atom. The minimum absolute atomic E-state index is 0.382. The molecule has 0 aromatic carbocycles. The van der Waals surface area contributed by atoms with Crippen LogP contribution < -0.4 is 0 Å². The second kappa shape index (κ2) is 6.95. The summed E-state index contributed by atoms with van der Waals surface area (Å²) >= 11 is 6.73. The monoisotopic (exact) mass is 398 g/mol. The third-order valence-electron chi connectivity index (χ3n) is 2.64. The van der Waals surface area contributed by atoms with E-state index >= 15 is 0 Å². The van der Waals surface area contributed by atoms with E-state index in [4.69, 9.17) is 4.74 Å². The highest BCUT2D eigenvalue weighted by Crippen LogP contribution is 2.20. The number of aromatic nitrogens is 2. The number of nitrogens with zero attached hydrogens (tertiary/aromatic N) is 2. The number of halogens is 2. The molecule has 4 nitrogen and oxygen atoms in total. The van der Waals surface area contributed by atoms with Crippen molar-refractivity contribution < 1.29 is 9.53 Å². The Kier molecular flexibility index (Phi) is 5.25. The van der Waals surface area contributed by atoms with Crippen LogP contribution in [0.5, 0.6) is 0 Å². The Bertz CT molecular complexity index is 632. The lowest BCUT2D eigenvalue weighted by Crippen LogP contribution is -2.04. The normalized spacial score (nSPS) is 10.3. The molecule has 0 aliphatic carbocycles. The highest BCUT2D eigenvalue weighted by Gasteiger charge is 2.12. The number of methoxy groups -OCH3 is 1. The smallest absolute Gasteiger partial charge is 0.337 e. The Morgan fingerprint density at radius 3 is 2.45 bits per heavy atom. The van der Waals surface area contributed by atoms with Gasteiger partial charge in [-0.2, -0.15) is 0 Å². The molecule has 20 heavy (non-hydrogen) atoms. The van der Waals surface area contributed by atoms with Crippen LogP contribution in [0.2, 0.25) is 0 Å². The zero-order valence-electron chi connectivity index (χ0n) is 10.8. The van der Waals surface area contributed by atoms with Gasteiger partial charge in [0.25, 0.3) is 0 Å². The molecule has 0 saturated heterocycles. The van der Waals surface area contributed by atoms with Crippen molar-refractivity contribution in [3.8, 4) is 11.4 Å². The van der Waals surface area contributed by atoms with Gasteiger partial charge in [-0.05, 0) is 24.3 Å². The van der Waals surface area contributed by atoms with Crippen molar-refractivity contribution in [3.05, 3.63) is 47.3 Å². The van der Waals surface area contributed by atoms with Crippen molar-refractivity contribution in [1.29, 1.82) is 0 Å². The fourth-order valence-electron chi connectivity index (χ4n) is 1.72. The summed E-state index contributed by atoms with van der Waals surface area (Å²) in [4.78, 5) is 20.7. The van der Waals surface area contributed by atoms with Crippen molar-refractivity contribution in [2.75, 3.05) is 7.11 Å². The molecule has 0 unspecified atom stereocenters. The summed E-state index contributed by atoms with van der Waals surface area (Å²) < 4.78 is 4.76. The van der Waals surface area contributed by atoms with Gasteiger partial charge in [-0.3, -0.25) is 9.97 Å². The highest BCUT2D eigenvalue weighted by molar-refractivity contribution is 9.08. The van der Waals surface area contributed by atoms with Crippen LogP contribution in [-0.2, 0) is 15.4 Å². The molecule has 6 heteroatoms. The van der Waals surface area contributed by atoms with Gasteiger partial charge in [-0.1, -0.05) is 37.9 Å². The average Bonchev–Trinajstić information content (AvgIpc) is 2.53. The first-order valence-electron chi connectivity index (χ1n) is 5.85. The van der Waals surface area contributed by atoms with Crippen molar-refractivity contribution >= 4 is 37.8 Å². The van der Waals surface area contributed by atoms with Gasteiger partial charge in [0.05, 0.1) is 35.4 Å². The van der Waals surface area contributed by atoms with Crippen LogP contribution in [-0.4, -0.2) is 23.0 Å². The van der Waals surface area contributed by atoms with Crippen LogP contribution in [0.4, 0.5) is 0 Å². The zero-order valence-corrected chi connectivity index (χ0v) is 13.9. The molecule has 0 radical (unpaired) electrons. The van der Waals surface area contributed by atoms with E-state index in [-0.39, 0.29) is 5.97 Å². The molecule has 0 N–H and O–H groups in total. The largest absolute Gasteiger partial charge is 0.465 e. The van der Waals surface area contributed by atoms with Crippen LogP contribution in [0.15, 0.2) is 30.3 Å². The number of hydrogen-bond donors (Lipinski definition) is 0. The summed E-state index contributed by atoms with van der Waals surface area (Å²) in [6, 6.07) is 9.11. The molecule has 2 heterocycles. The standard InChI is InChI=1S/C14H12Br2N2O2/c1-20-14(19)9-5-11(8-16)18-13(6-9)12-4-2-3-10(7-15)17-12/h2-6H,7-8H2,1H3. The molecule has 0 bridgehead atoms. The van der Waals surface area contributed by atoms with Crippen LogP contribution in [0, 0.1) is 0 Å². The second-order valence-electron chi connectivity index (χ2n) is 4.01. The van der Waals surface area contributed by atoms with Gasteiger partial charge < -0.3 is 4.74 Å². The summed E-state index contributed by atoms with van der Waals surface area (Å²) in [6.45, 7) is 0. The number of alkyl halides is 2. The third kappa shape index (κ3) is 3.43. The molecule has 0 spiro atoms. The third-order valence-corrected chi connectivity index (χ3v) is 3.79. The maximum absolute atomic E-state index is 11.7. The lowest BCUT2D eigenvalue weighted by molar-refractivity contribution is 0.0600. The fourth-order valence-corrected chi connectivity index (χ4v) is 2.32. The maximum Gasteiger partial charge on any atom is 0.337 e. The second-order valence-corrected chi connectivity index (χ2v) is 5.13. The maximum atomic E-state index is 11.7. The molecule has 0 aliphatic heterocycles. The lowest BCUT2D eigenvalue weighted by atomic mass is 10.1. The van der Waals surface area contributed by atoms with E-state index in [2.05, 4.69) is 41.8 Å². The van der Waals surface area contributed by atoms with Crippen LogP contribution in [0.3, 0.4) is 0 Å². The molecule has 0 atom stereocenters. The molecular weight excluding hydrogens is 388 g/mol. The predicted octanol–water partition coefficient (Wildman–Crippen LogP) is 3.72. The molecule has 0 saturated carbocycles. The van der Waals surface area contributed by atoms with E-state index in [0.29, 0.717) is 21.9 Å². The van der Waals surface area contributed by atoms with Gasteiger partial charge in [0, 0.05) is 10.7 Å². The van der Waals surface area contributed by atoms with Gasteiger partial charge in [0.1, 0.15) is 0 Å². The van der Waals surface area contributed by atoms with Gasteiger partial charge in [-0.25, -0.2) is 4.79 Å². The SMILES string of the molecule is COC(=O)c1cc(CBr)nc(-c2cccc(CBr)n2)c1. The Labute approximate surface area is 133 Å². The first-order chi connectivity index (χ1) is 9.67. The molecular formula is C14H12Br2N2O2. The average molecular weight is 400 g/mol. The quantitative estimate of drug-likeness (QED) is 0.580. The highest BCUT2D eigenvalue weighted by atomic mass is 79.9. The van der Waals surface area contributed by atoms with Gasteiger partial charge in [0.2, 0.25) is 0 Å². The fraction of sp³-hybridized carbons (Fsp3) is 0.214. The molecule has 2 rings (SSSR count). The first kappa shape index (κ1) is 15.1. The summed E-state index contributed by atoms with van der Waals surface area (Å²) in [5.41, 5.74) is 3.53. The number of pyridine rings is 2. The topological polar surface area (TPSA) is 52.1 Å². The summed E-state index contributed by atoms with van der Waals surface area (Å²) in [5.74, 6) is -0.382. The van der Waals surface area contributed by atoms with E-state index in [1.54, 1.807) is 12.1 Å². The molecule has 0 fully saturated rings. The van der Waals surface area contributed by atoms with E-state index in [9.17, 15) is 4.79 Å². The first-order valence-corrected chi connectivity index (χ1v) is 8.09. The number of ether oxygens (including phenoxy) is 1. The number of carbonyl (C=O) groups excluding carboxylic acids is 1. The molecule has 0 amide bonds. The van der Waals surface area contributed by atoms with E-state index in [1.165, 1.54) is 7.11 Å². The van der Waals surface area contributed by atoms with Crippen molar-refractivity contribution in [2.24, 2.45) is 0 Å². The van der Waals surface area contributed by atoms with Crippen LogP contribution >= 0.6 is 31.9 Å². The van der Waals surface area contributed by atoms with E-state index in [0.717, 1.165) is 17.1 Å². The summed E-state index contributed by atoms with van der Waals surface area (Å²) in [5, 5.41) is 1.23. The Hall–Kier alpha value is -1.27. The molecule has 2 aromatic rings. The van der Waals surface area contributed by atoms with Crippen molar-refractivity contribution in [2.45, 2.75) is 10.7 Å². The van der Waals surface area contributed by atoms with Gasteiger partial charge in [0.15, 0.2) is 0 Å². The lowest BCUT2D eigenvalue weighted by Gasteiger charge is -2.07. The minimum atomic E-state index is -0.382. The van der Waals surface area contributed by atoms with E-state index < -0.39 is 0 Å². The minimum Gasteiger partial charge on any atom is -0.465 e. The number of esters is 1. The Balaban J connectivity index is 2.51. The number of rotatable bonds is 4. The summed E-state index contributed by atoms with van der Waals surface area (Å²) in [6.07, 6.45) is 0. The van der Waals surface area contributed by atoms with Crippen molar-refractivity contribution in [3.63, 3.8) is 0 Å². The number of carbonyl (C=O) groups is 1. The summed E-state index contributed by atoms with van der Waals surface area (Å²) in [7, 11) is 1.36. The zero-order chi connectivity index (χ0) is 14.5.